The molecule has 1 aromatic heterocycles. The van der Waals surface area contributed by atoms with Crippen molar-refractivity contribution in [2.75, 3.05) is 18.0 Å². The monoisotopic (exact) mass is 285 g/mol. The molecule has 0 atom stereocenters. The molecule has 0 aliphatic carbocycles. The summed E-state index contributed by atoms with van der Waals surface area (Å²) in [6.45, 7) is 5.27. The highest BCUT2D eigenvalue weighted by Crippen LogP contribution is 2.20. The zero-order valence-electron chi connectivity index (χ0n) is 11.2. The SMILES string of the molecule is CCN(C(C)=O)c1nc(CNCCCC(=O)O)cs1. The summed E-state index contributed by atoms with van der Waals surface area (Å²) in [5, 5.41) is 14.2. The minimum absolute atomic E-state index is 0.0159. The Balaban J connectivity index is 2.38. The van der Waals surface area contributed by atoms with Crippen molar-refractivity contribution in [2.45, 2.75) is 33.2 Å². The number of carboxylic acid groups (broad SMARTS) is 1. The van der Waals surface area contributed by atoms with E-state index >= 15 is 0 Å². The molecule has 0 unspecified atom stereocenters. The third kappa shape index (κ3) is 5.35. The molecule has 0 saturated carbocycles. The number of rotatable bonds is 8. The highest BCUT2D eigenvalue weighted by Gasteiger charge is 2.12. The molecule has 0 fully saturated rings. The number of aliphatic carboxylic acids is 1. The predicted molar refractivity (Wildman–Crippen MR) is 74.4 cm³/mol. The van der Waals surface area contributed by atoms with E-state index in [0.29, 0.717) is 31.2 Å². The lowest BCUT2D eigenvalue weighted by Crippen LogP contribution is -2.27. The van der Waals surface area contributed by atoms with Gasteiger partial charge in [0.1, 0.15) is 0 Å². The third-order valence-corrected chi connectivity index (χ3v) is 3.43. The molecule has 1 heterocycles. The van der Waals surface area contributed by atoms with Gasteiger partial charge >= 0.3 is 5.97 Å². The van der Waals surface area contributed by atoms with Gasteiger partial charge in [-0.15, -0.1) is 11.3 Å². The Labute approximate surface area is 116 Å². The van der Waals surface area contributed by atoms with Crippen LogP contribution >= 0.6 is 11.3 Å². The zero-order chi connectivity index (χ0) is 14.3. The quantitative estimate of drug-likeness (QED) is 0.707. The van der Waals surface area contributed by atoms with Crippen molar-refractivity contribution in [1.29, 1.82) is 0 Å². The van der Waals surface area contributed by atoms with Crippen LogP contribution in [0.4, 0.5) is 5.13 Å². The van der Waals surface area contributed by atoms with E-state index in [9.17, 15) is 9.59 Å². The number of carbonyl (C=O) groups is 2. The van der Waals surface area contributed by atoms with Crippen LogP contribution in [0.2, 0.25) is 0 Å². The summed E-state index contributed by atoms with van der Waals surface area (Å²) in [6.07, 6.45) is 0.768. The number of nitrogens with zero attached hydrogens (tertiary/aromatic N) is 2. The Morgan fingerprint density at radius 3 is 2.84 bits per heavy atom. The number of carbonyl (C=O) groups excluding carboxylic acids is 1. The van der Waals surface area contributed by atoms with Gasteiger partial charge in [0.05, 0.1) is 5.69 Å². The molecule has 2 N–H and O–H groups in total. The Morgan fingerprint density at radius 2 is 2.26 bits per heavy atom. The van der Waals surface area contributed by atoms with Crippen molar-refractivity contribution in [3.05, 3.63) is 11.1 Å². The molecule has 1 amide bonds. The maximum absolute atomic E-state index is 11.4. The van der Waals surface area contributed by atoms with Crippen LogP contribution < -0.4 is 10.2 Å². The molecular weight excluding hydrogens is 266 g/mol. The first-order valence-corrected chi connectivity index (χ1v) is 7.07. The van der Waals surface area contributed by atoms with Crippen molar-refractivity contribution in [1.82, 2.24) is 10.3 Å². The Kier molecular flexibility index (Phi) is 6.44. The maximum atomic E-state index is 11.4. The van der Waals surface area contributed by atoms with E-state index in [4.69, 9.17) is 5.11 Å². The second-order valence-corrected chi connectivity index (χ2v) is 4.90. The topological polar surface area (TPSA) is 82.5 Å². The summed E-state index contributed by atoms with van der Waals surface area (Å²) in [4.78, 5) is 27.7. The van der Waals surface area contributed by atoms with Crippen LogP contribution in [-0.4, -0.2) is 35.1 Å². The van der Waals surface area contributed by atoms with Crippen molar-refractivity contribution in [3.63, 3.8) is 0 Å². The standard InChI is InChI=1S/C12H19N3O3S/c1-3-15(9(2)16)12-14-10(8-19-12)7-13-6-4-5-11(17)18/h8,13H,3-7H2,1-2H3,(H,17,18). The molecule has 1 aromatic rings. The molecule has 6 nitrogen and oxygen atoms in total. The van der Waals surface area contributed by atoms with Gasteiger partial charge in [-0.25, -0.2) is 4.98 Å². The summed E-state index contributed by atoms with van der Waals surface area (Å²) in [5.74, 6) is -0.796. The third-order valence-electron chi connectivity index (χ3n) is 2.52. The van der Waals surface area contributed by atoms with Gasteiger partial charge in [-0.3, -0.25) is 14.5 Å². The number of hydrogen-bond acceptors (Lipinski definition) is 5. The van der Waals surface area contributed by atoms with Crippen LogP contribution in [0.5, 0.6) is 0 Å². The number of hydrogen-bond donors (Lipinski definition) is 2. The maximum Gasteiger partial charge on any atom is 0.303 e. The minimum Gasteiger partial charge on any atom is -0.481 e. The van der Waals surface area contributed by atoms with Gasteiger partial charge in [-0.05, 0) is 19.9 Å². The highest BCUT2D eigenvalue weighted by atomic mass is 32.1. The molecule has 0 bridgehead atoms. The summed E-state index contributed by atoms with van der Waals surface area (Å²) < 4.78 is 0. The lowest BCUT2D eigenvalue weighted by Gasteiger charge is -2.14. The van der Waals surface area contributed by atoms with E-state index in [0.717, 1.165) is 5.69 Å². The normalized spacial score (nSPS) is 10.4. The first-order valence-electron chi connectivity index (χ1n) is 6.19. The van der Waals surface area contributed by atoms with Gasteiger partial charge < -0.3 is 10.4 Å². The Bertz CT molecular complexity index is 434. The van der Waals surface area contributed by atoms with E-state index < -0.39 is 5.97 Å². The van der Waals surface area contributed by atoms with E-state index in [-0.39, 0.29) is 12.3 Å². The minimum atomic E-state index is -0.780. The predicted octanol–water partition coefficient (Wildman–Crippen LogP) is 1.47. The molecule has 7 heteroatoms. The van der Waals surface area contributed by atoms with E-state index in [2.05, 4.69) is 10.3 Å². The second-order valence-electron chi connectivity index (χ2n) is 4.06. The van der Waals surface area contributed by atoms with Crippen LogP contribution in [0.25, 0.3) is 0 Å². The fraction of sp³-hybridized carbons (Fsp3) is 0.583. The molecule has 1 rings (SSSR count). The molecule has 0 aromatic carbocycles. The number of nitrogens with one attached hydrogen (secondary N) is 1. The van der Waals surface area contributed by atoms with Crippen LogP contribution in [0.15, 0.2) is 5.38 Å². The van der Waals surface area contributed by atoms with Crippen LogP contribution in [0.3, 0.4) is 0 Å². The molecule has 0 saturated heterocycles. The number of carboxylic acids is 1. The molecule has 0 spiro atoms. The summed E-state index contributed by atoms with van der Waals surface area (Å²) in [7, 11) is 0. The lowest BCUT2D eigenvalue weighted by atomic mass is 10.3. The van der Waals surface area contributed by atoms with Crippen LogP contribution in [-0.2, 0) is 16.1 Å². The number of anilines is 1. The average molecular weight is 285 g/mol. The van der Waals surface area contributed by atoms with E-state index in [1.165, 1.54) is 18.3 Å². The molecular formula is C12H19N3O3S. The second kappa shape index (κ2) is 7.85. The summed E-state index contributed by atoms with van der Waals surface area (Å²) >= 11 is 1.44. The van der Waals surface area contributed by atoms with Gasteiger partial charge in [0.25, 0.3) is 0 Å². The van der Waals surface area contributed by atoms with Gasteiger partial charge in [-0.1, -0.05) is 0 Å². The van der Waals surface area contributed by atoms with Crippen molar-refractivity contribution in [2.24, 2.45) is 0 Å². The smallest absolute Gasteiger partial charge is 0.303 e. The number of thiazole rings is 1. The van der Waals surface area contributed by atoms with E-state index in [1.807, 2.05) is 12.3 Å². The first kappa shape index (κ1) is 15.6. The van der Waals surface area contributed by atoms with Gasteiger partial charge in [0.2, 0.25) is 5.91 Å². The fourth-order valence-electron chi connectivity index (χ4n) is 1.58. The Hall–Kier alpha value is -1.47. The van der Waals surface area contributed by atoms with E-state index in [1.54, 1.807) is 4.90 Å². The van der Waals surface area contributed by atoms with Crippen LogP contribution in [0.1, 0.15) is 32.4 Å². The summed E-state index contributed by atoms with van der Waals surface area (Å²) in [5.41, 5.74) is 0.870. The molecule has 0 aliphatic heterocycles. The van der Waals surface area contributed by atoms with Crippen molar-refractivity contribution >= 4 is 28.3 Å². The average Bonchev–Trinajstić information content (AvgIpc) is 2.77. The first-order chi connectivity index (χ1) is 9.04. The number of amides is 1. The fourth-order valence-corrected chi connectivity index (χ4v) is 2.51. The zero-order valence-corrected chi connectivity index (χ0v) is 12.0. The van der Waals surface area contributed by atoms with Crippen molar-refractivity contribution in [3.8, 4) is 0 Å². The van der Waals surface area contributed by atoms with Crippen molar-refractivity contribution < 1.29 is 14.7 Å². The van der Waals surface area contributed by atoms with Gasteiger partial charge in [0.15, 0.2) is 5.13 Å². The van der Waals surface area contributed by atoms with Gasteiger partial charge in [-0.2, -0.15) is 0 Å². The molecule has 0 radical (unpaired) electrons. The summed E-state index contributed by atoms with van der Waals surface area (Å²) in [6, 6.07) is 0. The largest absolute Gasteiger partial charge is 0.481 e. The van der Waals surface area contributed by atoms with Gasteiger partial charge in [0, 0.05) is 31.8 Å². The lowest BCUT2D eigenvalue weighted by molar-refractivity contribution is -0.137. The Morgan fingerprint density at radius 1 is 1.53 bits per heavy atom. The highest BCUT2D eigenvalue weighted by molar-refractivity contribution is 7.14. The van der Waals surface area contributed by atoms with Crippen LogP contribution in [0, 0.1) is 0 Å². The molecule has 106 valence electrons. The molecule has 19 heavy (non-hydrogen) atoms. The number of aromatic nitrogens is 1. The molecule has 0 aliphatic rings.